The summed E-state index contributed by atoms with van der Waals surface area (Å²) in [4.78, 5) is 11.0. The molecule has 18 heavy (non-hydrogen) atoms. The highest BCUT2D eigenvalue weighted by molar-refractivity contribution is 7.11. The van der Waals surface area contributed by atoms with Crippen molar-refractivity contribution in [3.63, 3.8) is 0 Å². The van der Waals surface area contributed by atoms with E-state index in [9.17, 15) is 18.0 Å². The minimum atomic E-state index is -4.35. The van der Waals surface area contributed by atoms with Crippen LogP contribution in [0.4, 0.5) is 24.0 Å². The monoisotopic (exact) mass is 284 g/mol. The third-order valence-electron chi connectivity index (χ3n) is 1.76. The third-order valence-corrected chi connectivity index (χ3v) is 2.58. The minimum Gasteiger partial charge on any atom is -0.382 e. The number of nitrogens with zero attached hydrogens (tertiary/aromatic N) is 1. The molecule has 0 saturated carbocycles. The van der Waals surface area contributed by atoms with Gasteiger partial charge in [0.2, 0.25) is 0 Å². The lowest BCUT2D eigenvalue weighted by molar-refractivity contribution is -0.172. The van der Waals surface area contributed by atoms with Crippen LogP contribution in [0.1, 0.15) is 10.4 Å². The van der Waals surface area contributed by atoms with Crippen molar-refractivity contribution in [1.82, 2.24) is 4.37 Å². The number of aromatic nitrogens is 1. The number of hydrogen-bond donors (Lipinski definition) is 3. The summed E-state index contributed by atoms with van der Waals surface area (Å²) in [6.45, 7) is -1.41. The van der Waals surface area contributed by atoms with Gasteiger partial charge in [0.25, 0.3) is 5.91 Å². The molecule has 0 radical (unpaired) electrons. The molecule has 10 heteroatoms. The van der Waals surface area contributed by atoms with E-state index < -0.39 is 18.7 Å². The van der Waals surface area contributed by atoms with Crippen LogP contribution >= 0.6 is 11.5 Å². The largest absolute Gasteiger partial charge is 0.411 e. The Labute approximate surface area is 104 Å². The molecule has 0 spiro atoms. The molecule has 0 unspecified atom stereocenters. The van der Waals surface area contributed by atoms with E-state index in [2.05, 4.69) is 14.4 Å². The minimum absolute atomic E-state index is 0.00814. The van der Waals surface area contributed by atoms with Gasteiger partial charge in [-0.2, -0.15) is 17.5 Å². The molecule has 0 fully saturated rings. The first kappa shape index (κ1) is 14.5. The summed E-state index contributed by atoms with van der Waals surface area (Å²) in [6.07, 6.45) is -4.35. The zero-order valence-corrected chi connectivity index (χ0v) is 9.90. The lowest BCUT2D eigenvalue weighted by atomic mass is 10.3. The van der Waals surface area contributed by atoms with E-state index in [4.69, 9.17) is 11.5 Å². The average molecular weight is 284 g/mol. The zero-order chi connectivity index (χ0) is 13.8. The Bertz CT molecular complexity index is 421. The van der Waals surface area contributed by atoms with Crippen molar-refractivity contribution < 1.29 is 22.7 Å². The van der Waals surface area contributed by atoms with Crippen LogP contribution in [0.15, 0.2) is 0 Å². The normalized spacial score (nSPS) is 11.5. The van der Waals surface area contributed by atoms with Gasteiger partial charge in [-0.25, -0.2) is 0 Å². The van der Waals surface area contributed by atoms with Crippen LogP contribution in [0.25, 0.3) is 0 Å². The molecule has 5 N–H and O–H groups in total. The molecule has 6 nitrogen and oxygen atoms in total. The molecule has 0 aromatic carbocycles. The van der Waals surface area contributed by atoms with Gasteiger partial charge < -0.3 is 21.5 Å². The second kappa shape index (κ2) is 5.87. The SMILES string of the molecule is NC(=O)c1c(N)nsc1NCCOCC(F)(F)F. The number of carbonyl (C=O) groups is 1. The number of hydrogen-bond acceptors (Lipinski definition) is 6. The fourth-order valence-corrected chi connectivity index (χ4v) is 1.83. The van der Waals surface area contributed by atoms with Crippen molar-refractivity contribution in [1.29, 1.82) is 0 Å². The van der Waals surface area contributed by atoms with Gasteiger partial charge in [0.1, 0.15) is 17.2 Å². The van der Waals surface area contributed by atoms with Gasteiger partial charge in [-0.05, 0) is 11.5 Å². The standard InChI is InChI=1S/C8H11F3N4O2S/c9-8(10,11)3-17-2-1-14-7-4(6(13)16)5(12)15-18-7/h14H,1-3H2,(H2,12,15)(H2,13,16). The number of carbonyl (C=O) groups excluding carboxylic acids is 1. The maximum absolute atomic E-state index is 11.7. The molecule has 0 aliphatic carbocycles. The molecule has 0 aliphatic rings. The molecule has 1 amide bonds. The van der Waals surface area contributed by atoms with Crippen LogP contribution in [0.5, 0.6) is 0 Å². The quantitative estimate of drug-likeness (QED) is 0.671. The maximum Gasteiger partial charge on any atom is 0.411 e. The number of primary amides is 1. The van der Waals surface area contributed by atoms with Gasteiger partial charge in [0.05, 0.1) is 6.61 Å². The first-order valence-electron chi connectivity index (χ1n) is 4.74. The summed E-state index contributed by atoms with van der Waals surface area (Å²) in [6, 6.07) is 0. The smallest absolute Gasteiger partial charge is 0.382 e. The molecule has 0 atom stereocenters. The molecule has 1 rings (SSSR count). The van der Waals surface area contributed by atoms with Gasteiger partial charge >= 0.3 is 6.18 Å². The molecule has 102 valence electrons. The van der Waals surface area contributed by atoms with Crippen LogP contribution in [-0.4, -0.2) is 36.2 Å². The van der Waals surface area contributed by atoms with E-state index in [1.165, 1.54) is 0 Å². The number of halogens is 3. The molecule has 1 aromatic heterocycles. The molecule has 0 saturated heterocycles. The highest BCUT2D eigenvalue weighted by Crippen LogP contribution is 2.25. The number of nitrogens with two attached hydrogens (primary N) is 2. The van der Waals surface area contributed by atoms with E-state index in [0.717, 1.165) is 11.5 Å². The number of anilines is 2. The Morgan fingerprint density at radius 2 is 2.17 bits per heavy atom. The number of amides is 1. The lowest BCUT2D eigenvalue weighted by Gasteiger charge is -2.08. The van der Waals surface area contributed by atoms with E-state index in [-0.39, 0.29) is 24.5 Å². The van der Waals surface area contributed by atoms with E-state index in [1.807, 2.05) is 0 Å². The van der Waals surface area contributed by atoms with Crippen molar-refractivity contribution in [2.45, 2.75) is 6.18 Å². The topological polar surface area (TPSA) is 103 Å². The number of ether oxygens (including phenoxy) is 1. The summed E-state index contributed by atoms with van der Waals surface area (Å²) in [7, 11) is 0. The van der Waals surface area contributed by atoms with Crippen LogP contribution in [0, 0.1) is 0 Å². The van der Waals surface area contributed by atoms with Crippen molar-refractivity contribution in [3.05, 3.63) is 5.56 Å². The van der Waals surface area contributed by atoms with Crippen LogP contribution < -0.4 is 16.8 Å². The summed E-state index contributed by atoms with van der Waals surface area (Å²) < 4.78 is 43.3. The van der Waals surface area contributed by atoms with Gasteiger partial charge in [0, 0.05) is 6.54 Å². The van der Waals surface area contributed by atoms with Gasteiger partial charge in [0.15, 0.2) is 5.82 Å². The van der Waals surface area contributed by atoms with Crippen LogP contribution in [0.2, 0.25) is 0 Å². The van der Waals surface area contributed by atoms with Gasteiger partial charge in [-0.3, -0.25) is 4.79 Å². The Morgan fingerprint density at radius 3 is 2.72 bits per heavy atom. The highest BCUT2D eigenvalue weighted by atomic mass is 32.1. The molecule has 1 heterocycles. The summed E-state index contributed by atoms with van der Waals surface area (Å²) in [5.41, 5.74) is 10.5. The molecule has 0 bridgehead atoms. The highest BCUT2D eigenvalue weighted by Gasteiger charge is 2.27. The van der Waals surface area contributed by atoms with Gasteiger partial charge in [-0.1, -0.05) is 0 Å². The van der Waals surface area contributed by atoms with E-state index in [1.54, 1.807) is 0 Å². The lowest BCUT2D eigenvalue weighted by Crippen LogP contribution is -2.20. The van der Waals surface area contributed by atoms with Crippen molar-refractivity contribution in [2.75, 3.05) is 30.8 Å². The second-order valence-corrected chi connectivity index (χ2v) is 4.00. The molecule has 1 aromatic rings. The molecular weight excluding hydrogens is 273 g/mol. The van der Waals surface area contributed by atoms with Crippen molar-refractivity contribution >= 4 is 28.3 Å². The number of alkyl halides is 3. The van der Waals surface area contributed by atoms with Crippen molar-refractivity contribution in [3.8, 4) is 0 Å². The maximum atomic E-state index is 11.7. The Morgan fingerprint density at radius 1 is 1.50 bits per heavy atom. The number of nitrogen functional groups attached to an aromatic ring is 1. The number of rotatable bonds is 6. The Kier molecular flexibility index (Phi) is 4.73. The summed E-state index contributed by atoms with van der Waals surface area (Å²) >= 11 is 0.903. The first-order valence-corrected chi connectivity index (χ1v) is 5.52. The third kappa shape index (κ3) is 4.37. The number of nitrogens with one attached hydrogen (secondary N) is 1. The Hall–Kier alpha value is -1.55. The van der Waals surface area contributed by atoms with Crippen molar-refractivity contribution in [2.24, 2.45) is 5.73 Å². The second-order valence-electron chi connectivity index (χ2n) is 3.23. The fourth-order valence-electron chi connectivity index (χ4n) is 1.09. The summed E-state index contributed by atoms with van der Waals surface area (Å²) in [5.74, 6) is -0.758. The first-order chi connectivity index (χ1) is 8.31. The predicted octanol–water partition coefficient (Wildman–Crippen LogP) is 0.815. The molecular formula is C8H11F3N4O2S. The van der Waals surface area contributed by atoms with Crippen LogP contribution in [0.3, 0.4) is 0 Å². The average Bonchev–Trinajstić information content (AvgIpc) is 2.57. The Balaban J connectivity index is 2.38. The predicted molar refractivity (Wildman–Crippen MR) is 60.4 cm³/mol. The van der Waals surface area contributed by atoms with E-state index in [0.29, 0.717) is 5.00 Å². The zero-order valence-electron chi connectivity index (χ0n) is 9.08. The summed E-state index contributed by atoms with van der Waals surface area (Å²) in [5, 5.41) is 3.00. The van der Waals surface area contributed by atoms with E-state index >= 15 is 0 Å². The molecule has 0 aliphatic heterocycles. The van der Waals surface area contributed by atoms with Gasteiger partial charge in [-0.15, -0.1) is 0 Å². The van der Waals surface area contributed by atoms with Crippen LogP contribution in [-0.2, 0) is 4.74 Å². The fraction of sp³-hybridized carbons (Fsp3) is 0.500.